The molecule has 8 heteroatoms. The van der Waals surface area contributed by atoms with Crippen molar-refractivity contribution in [3.8, 4) is 0 Å². The van der Waals surface area contributed by atoms with Crippen LogP contribution < -0.4 is 0 Å². The van der Waals surface area contributed by atoms with Crippen LogP contribution in [0.4, 0.5) is 0 Å². The molecule has 2 aliphatic heterocycles. The van der Waals surface area contributed by atoms with Crippen molar-refractivity contribution in [1.82, 2.24) is 0 Å². The van der Waals surface area contributed by atoms with E-state index in [9.17, 15) is 9.59 Å². The van der Waals surface area contributed by atoms with Gasteiger partial charge in [-0.3, -0.25) is 9.59 Å². The van der Waals surface area contributed by atoms with Gasteiger partial charge in [-0.25, -0.2) is 0 Å². The highest BCUT2D eigenvalue weighted by molar-refractivity contribution is 5.67. The van der Waals surface area contributed by atoms with E-state index < -0.39 is 48.9 Å². The maximum atomic E-state index is 11.9. The molecule has 2 heterocycles. The quantitative estimate of drug-likeness (QED) is 0.631. The van der Waals surface area contributed by atoms with Crippen LogP contribution in [0.15, 0.2) is 60.7 Å². The van der Waals surface area contributed by atoms with E-state index >= 15 is 0 Å². The van der Waals surface area contributed by atoms with Crippen molar-refractivity contribution < 1.29 is 38.0 Å². The SMILES string of the molecule is CC(=O)O[C@@H]1[C@@H](OC(C)=O)[C@@H](OCc2ccccc2)O[C@@H]2CO[C@@H](c3ccccc3)O[C@@H]12. The first-order valence-electron chi connectivity index (χ1n) is 10.5. The van der Waals surface area contributed by atoms with Crippen molar-refractivity contribution in [3.05, 3.63) is 71.8 Å². The van der Waals surface area contributed by atoms with Crippen molar-refractivity contribution in [2.75, 3.05) is 6.61 Å². The van der Waals surface area contributed by atoms with Gasteiger partial charge in [-0.1, -0.05) is 60.7 Å². The Morgan fingerprint density at radius 2 is 1.50 bits per heavy atom. The monoisotopic (exact) mass is 442 g/mol. The zero-order valence-electron chi connectivity index (χ0n) is 17.9. The van der Waals surface area contributed by atoms with E-state index in [4.69, 9.17) is 28.4 Å². The lowest BCUT2D eigenvalue weighted by Crippen LogP contribution is -2.64. The van der Waals surface area contributed by atoms with Crippen molar-refractivity contribution in [3.63, 3.8) is 0 Å². The summed E-state index contributed by atoms with van der Waals surface area (Å²) in [5.74, 6) is -1.07. The number of rotatable bonds is 6. The molecule has 0 saturated carbocycles. The van der Waals surface area contributed by atoms with Crippen LogP contribution in [0.1, 0.15) is 31.3 Å². The van der Waals surface area contributed by atoms with Crippen molar-refractivity contribution in [1.29, 1.82) is 0 Å². The van der Waals surface area contributed by atoms with E-state index in [1.54, 1.807) is 0 Å². The van der Waals surface area contributed by atoms with E-state index in [1.807, 2.05) is 60.7 Å². The predicted octanol–water partition coefficient (Wildman–Crippen LogP) is 2.91. The third-order valence-corrected chi connectivity index (χ3v) is 5.22. The van der Waals surface area contributed by atoms with E-state index in [0.717, 1.165) is 11.1 Å². The fourth-order valence-corrected chi connectivity index (χ4v) is 3.86. The molecule has 8 nitrogen and oxygen atoms in total. The summed E-state index contributed by atoms with van der Waals surface area (Å²) in [6.07, 6.45) is -4.85. The second-order valence-electron chi connectivity index (χ2n) is 7.66. The van der Waals surface area contributed by atoms with Gasteiger partial charge < -0.3 is 28.4 Å². The van der Waals surface area contributed by atoms with E-state index in [1.165, 1.54) is 13.8 Å². The Morgan fingerprint density at radius 3 is 2.16 bits per heavy atom. The fraction of sp³-hybridized carbons (Fsp3) is 0.417. The normalized spacial score (nSPS) is 29.6. The van der Waals surface area contributed by atoms with Gasteiger partial charge >= 0.3 is 11.9 Å². The molecular formula is C24H26O8. The van der Waals surface area contributed by atoms with Crippen LogP contribution in [-0.4, -0.2) is 49.3 Å². The summed E-state index contributed by atoms with van der Waals surface area (Å²) in [6.45, 7) is 2.99. The second-order valence-corrected chi connectivity index (χ2v) is 7.66. The number of esters is 2. The Balaban J connectivity index is 1.57. The fourth-order valence-electron chi connectivity index (χ4n) is 3.86. The lowest BCUT2D eigenvalue weighted by atomic mass is 9.97. The lowest BCUT2D eigenvalue weighted by molar-refractivity contribution is -0.363. The summed E-state index contributed by atoms with van der Waals surface area (Å²) < 4.78 is 35.1. The molecule has 6 atom stereocenters. The molecule has 0 bridgehead atoms. The van der Waals surface area contributed by atoms with Crippen LogP contribution in [0.25, 0.3) is 0 Å². The van der Waals surface area contributed by atoms with Gasteiger partial charge in [0.05, 0.1) is 13.2 Å². The minimum absolute atomic E-state index is 0.194. The molecule has 4 rings (SSSR count). The Morgan fingerprint density at radius 1 is 0.875 bits per heavy atom. The molecule has 2 fully saturated rings. The number of carbonyl (C=O) groups is 2. The largest absolute Gasteiger partial charge is 0.455 e. The van der Waals surface area contributed by atoms with Gasteiger partial charge in [0.15, 0.2) is 24.8 Å². The molecule has 2 saturated heterocycles. The smallest absolute Gasteiger partial charge is 0.303 e. The molecule has 0 spiro atoms. The molecule has 0 aromatic heterocycles. The first-order valence-corrected chi connectivity index (χ1v) is 10.5. The number of fused-ring (bicyclic) bond motifs is 1. The topological polar surface area (TPSA) is 89.5 Å². The summed E-state index contributed by atoms with van der Waals surface area (Å²) in [6, 6.07) is 18.9. The highest BCUT2D eigenvalue weighted by Gasteiger charge is 2.53. The van der Waals surface area contributed by atoms with Crippen LogP contribution in [0.2, 0.25) is 0 Å². The van der Waals surface area contributed by atoms with Crippen LogP contribution in [0, 0.1) is 0 Å². The predicted molar refractivity (Wildman–Crippen MR) is 111 cm³/mol. The molecule has 32 heavy (non-hydrogen) atoms. The minimum atomic E-state index is -1.00. The van der Waals surface area contributed by atoms with Crippen LogP contribution in [0.3, 0.4) is 0 Å². The summed E-state index contributed by atoms with van der Waals surface area (Å²) in [5, 5.41) is 0. The highest BCUT2D eigenvalue weighted by atomic mass is 16.8. The Labute approximate surface area is 186 Å². The Hall–Kier alpha value is -2.78. The summed E-state index contributed by atoms with van der Waals surface area (Å²) >= 11 is 0. The molecule has 0 aliphatic carbocycles. The van der Waals surface area contributed by atoms with Gasteiger partial charge in [-0.05, 0) is 5.56 Å². The minimum Gasteiger partial charge on any atom is -0.455 e. The Bertz CT molecular complexity index is 903. The average Bonchev–Trinajstić information content (AvgIpc) is 2.80. The van der Waals surface area contributed by atoms with Crippen LogP contribution in [0.5, 0.6) is 0 Å². The van der Waals surface area contributed by atoms with Gasteiger partial charge in [0.1, 0.15) is 12.2 Å². The van der Waals surface area contributed by atoms with Gasteiger partial charge in [-0.2, -0.15) is 0 Å². The van der Waals surface area contributed by atoms with Crippen LogP contribution >= 0.6 is 0 Å². The summed E-state index contributed by atoms with van der Waals surface area (Å²) in [4.78, 5) is 23.8. The van der Waals surface area contributed by atoms with E-state index in [2.05, 4.69) is 0 Å². The van der Waals surface area contributed by atoms with Gasteiger partial charge in [0, 0.05) is 19.4 Å². The molecule has 2 aliphatic rings. The first-order chi connectivity index (χ1) is 15.5. The molecule has 0 radical (unpaired) electrons. The van der Waals surface area contributed by atoms with Gasteiger partial charge in [0.25, 0.3) is 0 Å². The molecule has 2 aromatic rings. The Kier molecular flexibility index (Phi) is 7.16. The third-order valence-electron chi connectivity index (χ3n) is 5.22. The van der Waals surface area contributed by atoms with E-state index in [0.29, 0.717) is 0 Å². The summed E-state index contributed by atoms with van der Waals surface area (Å²) in [5.41, 5.74) is 1.74. The van der Waals surface area contributed by atoms with Crippen molar-refractivity contribution >= 4 is 11.9 Å². The lowest BCUT2D eigenvalue weighted by Gasteiger charge is -2.48. The van der Waals surface area contributed by atoms with Crippen molar-refractivity contribution in [2.24, 2.45) is 0 Å². The highest BCUT2D eigenvalue weighted by Crippen LogP contribution is 2.37. The molecule has 0 amide bonds. The molecule has 0 N–H and O–H groups in total. The number of benzene rings is 2. The van der Waals surface area contributed by atoms with Crippen molar-refractivity contribution in [2.45, 2.75) is 57.5 Å². The van der Waals surface area contributed by atoms with Crippen LogP contribution in [-0.2, 0) is 44.6 Å². The van der Waals surface area contributed by atoms with Gasteiger partial charge in [-0.15, -0.1) is 0 Å². The summed E-state index contributed by atoms with van der Waals surface area (Å²) in [7, 11) is 0. The molecule has 0 unspecified atom stereocenters. The number of ether oxygens (including phenoxy) is 6. The maximum absolute atomic E-state index is 11.9. The maximum Gasteiger partial charge on any atom is 0.303 e. The van der Waals surface area contributed by atoms with Gasteiger partial charge in [0.2, 0.25) is 0 Å². The zero-order chi connectivity index (χ0) is 22.5. The first kappa shape index (κ1) is 22.4. The number of carbonyl (C=O) groups excluding carboxylic acids is 2. The zero-order valence-corrected chi connectivity index (χ0v) is 17.9. The molecule has 2 aromatic carbocycles. The number of hydrogen-bond acceptors (Lipinski definition) is 8. The average molecular weight is 442 g/mol. The standard InChI is InChI=1S/C24H26O8/c1-15(25)29-21-20-19(14-28-23(32-20)18-11-7-4-8-12-18)31-24(22(21)30-16(2)26)27-13-17-9-5-3-6-10-17/h3-12,19-24H,13-14H2,1-2H3/t19-,20-,21+,22-,23-,24+/m1/s1. The number of hydrogen-bond donors (Lipinski definition) is 0. The van der Waals surface area contributed by atoms with E-state index in [-0.39, 0.29) is 13.2 Å². The molecule has 170 valence electrons. The molecular weight excluding hydrogens is 416 g/mol. The second kappa shape index (κ2) is 10.2. The third kappa shape index (κ3) is 5.34.